The minimum Gasteiger partial charge on any atom is -0.490 e. The van der Waals surface area contributed by atoms with Gasteiger partial charge >= 0.3 is 11.9 Å². The smallest absolute Gasteiger partial charge is 0.323 e. The summed E-state index contributed by atoms with van der Waals surface area (Å²) in [4.78, 5) is 22.7. The summed E-state index contributed by atoms with van der Waals surface area (Å²) in [6, 6.07) is 19.8. The second-order valence-corrected chi connectivity index (χ2v) is 10.3. The van der Waals surface area contributed by atoms with Crippen molar-refractivity contribution in [2.75, 3.05) is 13.2 Å². The largest absolute Gasteiger partial charge is 0.490 e. The second-order valence-electron chi connectivity index (χ2n) is 10.3. The highest BCUT2D eigenvalue weighted by Crippen LogP contribution is 2.31. The molecule has 7 nitrogen and oxygen atoms in total. The molecule has 0 bridgehead atoms. The van der Waals surface area contributed by atoms with E-state index < -0.39 is 11.9 Å². The highest BCUT2D eigenvalue weighted by Gasteiger charge is 2.18. The van der Waals surface area contributed by atoms with Crippen molar-refractivity contribution in [2.24, 2.45) is 0 Å². The van der Waals surface area contributed by atoms with Crippen LogP contribution in [-0.2, 0) is 22.6 Å². The van der Waals surface area contributed by atoms with Crippen LogP contribution in [0.3, 0.4) is 0 Å². The fraction of sp³-hybridized carbons (Fsp3) is 0.257. The third kappa shape index (κ3) is 7.69. The predicted octanol–water partition coefficient (Wildman–Crippen LogP) is 7.24. The Hall–Kier alpha value is -4.78. The van der Waals surface area contributed by atoms with Gasteiger partial charge in [-0.25, -0.2) is 0 Å². The van der Waals surface area contributed by atoms with Gasteiger partial charge in [0.2, 0.25) is 0 Å². The molecule has 0 fully saturated rings. The summed E-state index contributed by atoms with van der Waals surface area (Å²) in [7, 11) is 0. The maximum Gasteiger partial charge on any atom is 0.323 e. The number of carboxylic acids is 2. The fourth-order valence-electron chi connectivity index (χ4n) is 5.13. The summed E-state index contributed by atoms with van der Waals surface area (Å²) in [5, 5.41) is 19.6. The molecule has 0 unspecified atom stereocenters. The van der Waals surface area contributed by atoms with Crippen LogP contribution in [0.2, 0.25) is 0 Å². The number of aryl methyl sites for hydroxylation is 3. The van der Waals surface area contributed by atoms with Crippen LogP contribution in [0.4, 0.5) is 0 Å². The fourth-order valence-corrected chi connectivity index (χ4v) is 5.13. The number of fused-ring (bicyclic) bond motifs is 1. The first kappa shape index (κ1) is 30.2. The maximum absolute atomic E-state index is 11.7. The molecule has 0 saturated carbocycles. The van der Waals surface area contributed by atoms with Gasteiger partial charge in [-0.05, 0) is 85.7 Å². The highest BCUT2D eigenvalue weighted by molar-refractivity contribution is 5.95. The van der Waals surface area contributed by atoms with E-state index in [-0.39, 0.29) is 13.0 Å². The molecular formula is C35H37NO6. The van der Waals surface area contributed by atoms with Crippen LogP contribution in [0.25, 0.3) is 23.1 Å². The van der Waals surface area contributed by atoms with Gasteiger partial charge in [-0.3, -0.25) is 9.59 Å². The number of para-hydroxylation sites is 2. The van der Waals surface area contributed by atoms with E-state index in [9.17, 15) is 14.7 Å². The Morgan fingerprint density at radius 1 is 0.810 bits per heavy atom. The highest BCUT2D eigenvalue weighted by atomic mass is 16.5. The van der Waals surface area contributed by atoms with Crippen molar-refractivity contribution in [3.63, 3.8) is 0 Å². The molecule has 42 heavy (non-hydrogen) atoms. The van der Waals surface area contributed by atoms with Crippen LogP contribution in [0, 0.1) is 20.8 Å². The van der Waals surface area contributed by atoms with Crippen molar-refractivity contribution >= 4 is 35.0 Å². The van der Waals surface area contributed by atoms with E-state index in [1.54, 1.807) is 0 Å². The van der Waals surface area contributed by atoms with Gasteiger partial charge < -0.3 is 24.3 Å². The minimum atomic E-state index is -0.926. The number of hydrogen-bond donors (Lipinski definition) is 2. The lowest BCUT2D eigenvalue weighted by atomic mass is 10.0. The van der Waals surface area contributed by atoms with E-state index in [0.717, 1.165) is 55.9 Å². The predicted molar refractivity (Wildman–Crippen MR) is 166 cm³/mol. The minimum absolute atomic E-state index is 0.0722. The quantitative estimate of drug-likeness (QED) is 0.123. The molecule has 0 atom stereocenters. The molecule has 0 saturated heterocycles. The monoisotopic (exact) mass is 567 g/mol. The van der Waals surface area contributed by atoms with Crippen LogP contribution in [0.1, 0.15) is 46.4 Å². The van der Waals surface area contributed by atoms with Crippen molar-refractivity contribution in [1.82, 2.24) is 4.57 Å². The Morgan fingerprint density at radius 3 is 2.14 bits per heavy atom. The molecule has 2 N–H and O–H groups in total. The number of carbonyl (C=O) groups is 2. The Morgan fingerprint density at radius 2 is 1.48 bits per heavy atom. The summed E-state index contributed by atoms with van der Waals surface area (Å²) in [5.41, 5.74) is 6.80. The van der Waals surface area contributed by atoms with Gasteiger partial charge in [0, 0.05) is 17.5 Å². The molecule has 1 aromatic heterocycles. The van der Waals surface area contributed by atoms with Crippen LogP contribution in [-0.4, -0.2) is 39.9 Å². The zero-order valence-electron chi connectivity index (χ0n) is 24.3. The number of hydrogen-bond acceptors (Lipinski definition) is 4. The first-order valence-corrected chi connectivity index (χ1v) is 14.0. The number of carboxylic acid groups (broad SMARTS) is 2. The van der Waals surface area contributed by atoms with Gasteiger partial charge in [0.25, 0.3) is 0 Å². The van der Waals surface area contributed by atoms with Gasteiger partial charge in [0.05, 0.1) is 5.52 Å². The molecular weight excluding hydrogens is 530 g/mol. The number of benzene rings is 3. The number of ether oxygens (including phenoxy) is 2. The SMILES string of the molecule is Cc1cccc(C)c1OC/C=C/COc1ccc(/C=C/c2cccc3c(CCCC(=O)O)c(C)n(CC(=O)O)c23)cc1. The number of nitrogens with zero attached hydrogens (tertiary/aromatic N) is 1. The van der Waals surface area contributed by atoms with Gasteiger partial charge in [-0.1, -0.05) is 60.7 Å². The number of aromatic nitrogens is 1. The molecule has 0 amide bonds. The summed E-state index contributed by atoms with van der Waals surface area (Å²) >= 11 is 0. The standard InChI is InChI=1S/C35H37NO6/c1-24-9-6-10-25(2)35(24)42-22-5-4-21-41-29-19-16-27(17-20-29)15-18-28-11-7-13-31-30(12-8-14-32(37)38)26(3)36(34(28)31)23-33(39)40/h4-7,9-11,13,15-20H,8,12,14,21-23H2,1-3H3,(H,37,38)(H,39,40)/b5-4+,18-15+. The van der Waals surface area contributed by atoms with Crippen LogP contribution in [0.5, 0.6) is 11.5 Å². The Balaban J connectivity index is 1.41. The number of rotatable bonds is 14. The lowest BCUT2D eigenvalue weighted by molar-refractivity contribution is -0.138. The Kier molecular flexibility index (Phi) is 10.2. The van der Waals surface area contributed by atoms with Gasteiger partial charge in [-0.2, -0.15) is 0 Å². The lowest BCUT2D eigenvalue weighted by Gasteiger charge is -2.09. The first-order chi connectivity index (χ1) is 20.2. The van der Waals surface area contributed by atoms with Gasteiger partial charge in [0.15, 0.2) is 0 Å². The van der Waals surface area contributed by atoms with E-state index in [4.69, 9.17) is 14.6 Å². The van der Waals surface area contributed by atoms with Gasteiger partial charge in [-0.15, -0.1) is 0 Å². The summed E-state index contributed by atoms with van der Waals surface area (Å²) in [5.74, 6) is -0.0851. The van der Waals surface area contributed by atoms with Crippen LogP contribution >= 0.6 is 0 Å². The van der Waals surface area contributed by atoms with Crippen molar-refractivity contribution in [3.8, 4) is 11.5 Å². The van der Waals surface area contributed by atoms with Crippen LogP contribution in [0.15, 0.2) is 72.8 Å². The summed E-state index contributed by atoms with van der Waals surface area (Å²) in [6.45, 7) is 6.72. The maximum atomic E-state index is 11.7. The van der Waals surface area contributed by atoms with Crippen molar-refractivity contribution in [2.45, 2.75) is 46.6 Å². The normalized spacial score (nSPS) is 11.5. The topological polar surface area (TPSA) is 98.0 Å². The molecule has 0 radical (unpaired) electrons. The van der Waals surface area contributed by atoms with E-state index in [1.165, 1.54) is 0 Å². The molecule has 0 aliphatic heterocycles. The van der Waals surface area contributed by atoms with E-state index >= 15 is 0 Å². The van der Waals surface area contributed by atoms with E-state index in [2.05, 4.69) is 0 Å². The molecule has 0 aliphatic rings. The van der Waals surface area contributed by atoms with E-state index in [1.807, 2.05) is 110 Å². The van der Waals surface area contributed by atoms with Crippen molar-refractivity contribution in [3.05, 3.63) is 106 Å². The molecule has 0 aliphatic carbocycles. The average molecular weight is 568 g/mol. The number of aliphatic carboxylic acids is 2. The second kappa shape index (κ2) is 14.2. The third-order valence-electron chi connectivity index (χ3n) is 7.20. The molecule has 0 spiro atoms. The summed E-state index contributed by atoms with van der Waals surface area (Å²) < 4.78 is 13.5. The zero-order chi connectivity index (χ0) is 30.1. The molecule has 218 valence electrons. The first-order valence-electron chi connectivity index (χ1n) is 14.0. The van der Waals surface area contributed by atoms with Gasteiger partial charge in [0.1, 0.15) is 31.3 Å². The molecule has 1 heterocycles. The Labute approximate surface area is 246 Å². The average Bonchev–Trinajstić information content (AvgIpc) is 3.21. The zero-order valence-corrected chi connectivity index (χ0v) is 24.3. The molecule has 7 heteroatoms. The summed E-state index contributed by atoms with van der Waals surface area (Å²) in [6.07, 6.45) is 8.99. The molecule has 3 aromatic carbocycles. The van der Waals surface area contributed by atoms with Crippen LogP contribution < -0.4 is 9.47 Å². The lowest BCUT2D eigenvalue weighted by Crippen LogP contribution is -2.10. The third-order valence-corrected chi connectivity index (χ3v) is 7.20. The van der Waals surface area contributed by atoms with E-state index in [0.29, 0.717) is 26.1 Å². The molecule has 4 rings (SSSR count). The van der Waals surface area contributed by atoms with Crippen molar-refractivity contribution in [1.29, 1.82) is 0 Å². The molecule has 4 aromatic rings. The Bertz CT molecular complexity index is 1590. The van der Waals surface area contributed by atoms with Crippen molar-refractivity contribution < 1.29 is 29.3 Å².